The van der Waals surface area contributed by atoms with Gasteiger partial charge in [-0.05, 0) is 71.6 Å². The maximum absolute atomic E-state index is 13.3. The predicted molar refractivity (Wildman–Crippen MR) is 134 cm³/mol. The number of likely N-dealkylation sites (tertiary alicyclic amines) is 1. The summed E-state index contributed by atoms with van der Waals surface area (Å²) in [6, 6.07) is 12.7. The first-order chi connectivity index (χ1) is 15.3. The third-order valence-corrected chi connectivity index (χ3v) is 7.39. The molecule has 1 atom stereocenters. The number of nitrogens with two attached hydrogens (primary N) is 1. The molecular formula is C23H22BrClN4O2S. The predicted octanol–water partition coefficient (Wildman–Crippen LogP) is 5.03. The van der Waals surface area contributed by atoms with Gasteiger partial charge in [-0.2, -0.15) is 0 Å². The normalized spacial score (nSPS) is 19.7. The molecule has 2 aromatic carbocycles. The number of hydrogen-bond donors (Lipinski definition) is 2. The van der Waals surface area contributed by atoms with Crippen LogP contribution in [0.3, 0.4) is 0 Å². The third-order valence-electron chi connectivity index (χ3n) is 5.28. The van der Waals surface area contributed by atoms with Crippen LogP contribution in [0.5, 0.6) is 0 Å². The van der Waals surface area contributed by atoms with Crippen molar-refractivity contribution in [2.75, 3.05) is 18.4 Å². The van der Waals surface area contributed by atoms with Gasteiger partial charge in [-0.3, -0.25) is 9.59 Å². The zero-order valence-electron chi connectivity index (χ0n) is 17.4. The molecule has 2 aliphatic heterocycles. The fourth-order valence-electron chi connectivity index (χ4n) is 3.64. The number of halogens is 2. The van der Waals surface area contributed by atoms with E-state index in [2.05, 4.69) is 26.2 Å². The molecule has 2 aliphatic rings. The molecule has 2 amide bonds. The van der Waals surface area contributed by atoms with Gasteiger partial charge in [0.05, 0.1) is 16.9 Å². The highest BCUT2D eigenvalue weighted by molar-refractivity contribution is 9.10. The van der Waals surface area contributed by atoms with Crippen molar-refractivity contribution < 1.29 is 9.59 Å². The number of amides is 2. The average Bonchev–Trinajstić information content (AvgIpc) is 3.38. The molecule has 0 bridgehead atoms. The summed E-state index contributed by atoms with van der Waals surface area (Å²) in [7, 11) is 0. The largest absolute Gasteiger partial charge is 0.400 e. The first-order valence-electron chi connectivity index (χ1n) is 10.2. The Kier molecular flexibility index (Phi) is 6.93. The van der Waals surface area contributed by atoms with Gasteiger partial charge in [-0.25, -0.2) is 4.99 Å². The number of hydrogen-bond acceptors (Lipinski definition) is 5. The number of aliphatic imine (C=N–C) groups is 1. The van der Waals surface area contributed by atoms with E-state index in [0.29, 0.717) is 40.1 Å². The first-order valence-corrected chi connectivity index (χ1v) is 12.3. The topological polar surface area (TPSA) is 87.8 Å². The van der Waals surface area contributed by atoms with Crippen molar-refractivity contribution in [1.82, 2.24) is 4.90 Å². The molecule has 2 heterocycles. The monoisotopic (exact) mass is 532 g/mol. The van der Waals surface area contributed by atoms with Gasteiger partial charge in [0.2, 0.25) is 5.91 Å². The van der Waals surface area contributed by atoms with Crippen LogP contribution in [0.4, 0.5) is 11.4 Å². The van der Waals surface area contributed by atoms with Crippen LogP contribution in [0.15, 0.2) is 63.2 Å². The molecule has 9 heteroatoms. The standard InChI is InChI=1S/C23H22BrClN4O2S/c1-13-7-8-17(16(24)11-13)28-21(30)20-19(26)18(23(31)29-9-2-3-10-29)22(32-20)27-15-6-4-5-14(25)12-15/h4-8,11-12,20H,2-3,9-10,26H2,1H3,(H,28,30). The summed E-state index contributed by atoms with van der Waals surface area (Å²) >= 11 is 10.8. The minimum Gasteiger partial charge on any atom is -0.400 e. The Morgan fingerprint density at radius 1 is 1.22 bits per heavy atom. The lowest BCUT2D eigenvalue weighted by atomic mass is 10.1. The number of nitrogens with zero attached hydrogens (tertiary/aromatic N) is 2. The van der Waals surface area contributed by atoms with Crippen LogP contribution < -0.4 is 11.1 Å². The number of anilines is 1. The Morgan fingerprint density at radius 2 is 1.97 bits per heavy atom. The number of thioether (sulfide) groups is 1. The van der Waals surface area contributed by atoms with Crippen LogP contribution in [0.2, 0.25) is 5.02 Å². The number of aryl methyl sites for hydroxylation is 1. The SMILES string of the molecule is Cc1ccc(NC(=O)C2SC(=Nc3cccc(Cl)c3)C(C(=O)N3CCCC3)=C2N)c(Br)c1. The Labute approximate surface area is 204 Å². The number of carbonyl (C=O) groups excluding carboxylic acids is 2. The van der Waals surface area contributed by atoms with E-state index in [4.69, 9.17) is 17.3 Å². The lowest BCUT2D eigenvalue weighted by Gasteiger charge is -2.16. The Hall–Kier alpha value is -2.29. The molecule has 2 aromatic rings. The van der Waals surface area contributed by atoms with Crippen molar-refractivity contribution in [3.8, 4) is 0 Å². The van der Waals surface area contributed by atoms with Gasteiger partial charge >= 0.3 is 0 Å². The van der Waals surface area contributed by atoms with Crippen molar-refractivity contribution in [3.63, 3.8) is 0 Å². The first kappa shape index (κ1) is 22.9. The van der Waals surface area contributed by atoms with E-state index >= 15 is 0 Å². The summed E-state index contributed by atoms with van der Waals surface area (Å²) in [6.07, 6.45) is 1.91. The van der Waals surface area contributed by atoms with Gasteiger partial charge in [0, 0.05) is 28.3 Å². The fraction of sp³-hybridized carbons (Fsp3) is 0.261. The molecule has 0 saturated carbocycles. The molecule has 0 aliphatic carbocycles. The highest BCUT2D eigenvalue weighted by atomic mass is 79.9. The zero-order valence-corrected chi connectivity index (χ0v) is 20.6. The van der Waals surface area contributed by atoms with Crippen LogP contribution in [0.1, 0.15) is 18.4 Å². The van der Waals surface area contributed by atoms with Crippen molar-refractivity contribution in [2.45, 2.75) is 25.0 Å². The second kappa shape index (κ2) is 9.68. The van der Waals surface area contributed by atoms with Crippen LogP contribution in [-0.4, -0.2) is 40.1 Å². The highest BCUT2D eigenvalue weighted by Crippen LogP contribution is 2.37. The van der Waals surface area contributed by atoms with E-state index in [-0.39, 0.29) is 17.5 Å². The molecule has 1 saturated heterocycles. The minimum atomic E-state index is -0.761. The maximum Gasteiger partial charge on any atom is 0.258 e. The quantitative estimate of drug-likeness (QED) is 0.577. The van der Waals surface area contributed by atoms with Gasteiger partial charge in [-0.1, -0.05) is 35.5 Å². The summed E-state index contributed by atoms with van der Waals surface area (Å²) in [4.78, 5) is 32.8. The van der Waals surface area contributed by atoms with Gasteiger partial charge in [0.1, 0.15) is 10.3 Å². The van der Waals surface area contributed by atoms with Crippen LogP contribution in [0.25, 0.3) is 0 Å². The number of benzene rings is 2. The summed E-state index contributed by atoms with van der Waals surface area (Å²) < 4.78 is 0.776. The average molecular weight is 534 g/mol. The number of nitrogens with one attached hydrogen (secondary N) is 1. The smallest absolute Gasteiger partial charge is 0.258 e. The van der Waals surface area contributed by atoms with Gasteiger partial charge in [0.25, 0.3) is 5.91 Å². The van der Waals surface area contributed by atoms with Gasteiger partial charge < -0.3 is 16.0 Å². The van der Waals surface area contributed by atoms with E-state index in [1.807, 2.05) is 25.1 Å². The maximum atomic E-state index is 13.3. The molecule has 0 aromatic heterocycles. The molecule has 32 heavy (non-hydrogen) atoms. The lowest BCUT2D eigenvalue weighted by molar-refractivity contribution is -0.125. The van der Waals surface area contributed by atoms with Crippen LogP contribution >= 0.6 is 39.3 Å². The summed E-state index contributed by atoms with van der Waals surface area (Å²) in [5.41, 5.74) is 9.26. The summed E-state index contributed by atoms with van der Waals surface area (Å²) in [5, 5.41) is 3.12. The Morgan fingerprint density at radius 3 is 2.66 bits per heavy atom. The summed E-state index contributed by atoms with van der Waals surface area (Å²) in [6.45, 7) is 3.33. The highest BCUT2D eigenvalue weighted by Gasteiger charge is 2.40. The summed E-state index contributed by atoms with van der Waals surface area (Å²) in [5.74, 6) is -0.486. The molecular weight excluding hydrogens is 512 g/mol. The second-order valence-corrected chi connectivity index (χ2v) is 10.1. The molecule has 3 N–H and O–H groups in total. The number of rotatable bonds is 4. The van der Waals surface area contributed by atoms with E-state index in [1.165, 1.54) is 11.8 Å². The van der Waals surface area contributed by atoms with Crippen molar-refractivity contribution in [1.29, 1.82) is 0 Å². The number of carbonyl (C=O) groups is 2. The molecule has 1 fully saturated rings. The molecule has 6 nitrogen and oxygen atoms in total. The van der Waals surface area contributed by atoms with E-state index in [9.17, 15) is 9.59 Å². The van der Waals surface area contributed by atoms with Crippen molar-refractivity contribution in [2.24, 2.45) is 10.7 Å². The zero-order chi connectivity index (χ0) is 22.8. The van der Waals surface area contributed by atoms with Crippen LogP contribution in [0, 0.1) is 6.92 Å². The van der Waals surface area contributed by atoms with Crippen LogP contribution in [-0.2, 0) is 9.59 Å². The second-order valence-electron chi connectivity index (χ2n) is 7.70. The van der Waals surface area contributed by atoms with Crippen molar-refractivity contribution in [3.05, 3.63) is 68.8 Å². The Bertz CT molecular complexity index is 1140. The van der Waals surface area contributed by atoms with Gasteiger partial charge in [0.15, 0.2) is 0 Å². The van der Waals surface area contributed by atoms with Gasteiger partial charge in [-0.15, -0.1) is 0 Å². The van der Waals surface area contributed by atoms with E-state index in [1.54, 1.807) is 29.2 Å². The lowest BCUT2D eigenvalue weighted by Crippen LogP contribution is -2.33. The van der Waals surface area contributed by atoms with Crippen molar-refractivity contribution >= 4 is 67.5 Å². The van der Waals surface area contributed by atoms with E-state index in [0.717, 1.165) is 22.9 Å². The molecule has 4 rings (SSSR count). The molecule has 0 radical (unpaired) electrons. The Balaban J connectivity index is 1.67. The fourth-order valence-corrected chi connectivity index (χ4v) is 5.53. The molecule has 1 unspecified atom stereocenters. The molecule has 0 spiro atoms. The molecule has 166 valence electrons. The third kappa shape index (κ3) is 4.87. The minimum absolute atomic E-state index is 0.180. The van der Waals surface area contributed by atoms with E-state index < -0.39 is 5.25 Å².